The molecule has 1 N–H and O–H groups in total. The Labute approximate surface area is 163 Å². The molecule has 0 saturated carbocycles. The molecule has 0 radical (unpaired) electrons. The predicted molar refractivity (Wildman–Crippen MR) is 101 cm³/mol. The SMILES string of the molecule is Cc1c(Cl)cc(Cl)cc1N1N=C(NC(=O)c2cccc([N+](=O)[O-])c2)CC1=O. The van der Waals surface area contributed by atoms with Crippen LogP contribution in [-0.2, 0) is 4.79 Å². The van der Waals surface area contributed by atoms with E-state index in [0.29, 0.717) is 21.3 Å². The number of amidine groups is 1. The molecule has 2 amide bonds. The van der Waals surface area contributed by atoms with E-state index in [1.807, 2.05) is 0 Å². The fourth-order valence-corrected chi connectivity index (χ4v) is 2.99. The number of rotatable bonds is 3. The Morgan fingerprint density at radius 1 is 1.30 bits per heavy atom. The molecule has 1 aliphatic heterocycles. The van der Waals surface area contributed by atoms with Gasteiger partial charge >= 0.3 is 0 Å². The summed E-state index contributed by atoms with van der Waals surface area (Å²) in [5.74, 6) is -0.856. The molecule has 0 aromatic heterocycles. The maximum Gasteiger partial charge on any atom is 0.270 e. The Bertz CT molecular complexity index is 1010. The van der Waals surface area contributed by atoms with Gasteiger partial charge in [-0.25, -0.2) is 0 Å². The molecule has 3 rings (SSSR count). The second-order valence-corrected chi connectivity index (χ2v) is 6.57. The van der Waals surface area contributed by atoms with Crippen LogP contribution >= 0.6 is 23.2 Å². The van der Waals surface area contributed by atoms with E-state index in [-0.39, 0.29) is 29.4 Å². The van der Waals surface area contributed by atoms with Crippen molar-refractivity contribution in [2.75, 3.05) is 5.01 Å². The minimum Gasteiger partial charge on any atom is -0.308 e. The number of halogens is 2. The Kier molecular flexibility index (Phi) is 5.11. The molecule has 2 aromatic rings. The van der Waals surface area contributed by atoms with Gasteiger partial charge in [0, 0.05) is 27.7 Å². The van der Waals surface area contributed by atoms with Crippen molar-refractivity contribution in [3.05, 3.63) is 67.7 Å². The van der Waals surface area contributed by atoms with Gasteiger partial charge in [0.25, 0.3) is 17.5 Å². The van der Waals surface area contributed by atoms with E-state index in [4.69, 9.17) is 23.2 Å². The number of non-ortho nitro benzene ring substituents is 1. The van der Waals surface area contributed by atoms with Gasteiger partial charge in [-0.3, -0.25) is 19.7 Å². The highest BCUT2D eigenvalue weighted by Gasteiger charge is 2.28. The number of carbonyl (C=O) groups is 2. The van der Waals surface area contributed by atoms with E-state index in [2.05, 4.69) is 10.4 Å². The van der Waals surface area contributed by atoms with Gasteiger partial charge in [-0.2, -0.15) is 10.1 Å². The number of hydrazone groups is 1. The van der Waals surface area contributed by atoms with Gasteiger partial charge in [0.15, 0.2) is 0 Å². The Hall–Kier alpha value is -2.97. The Morgan fingerprint density at radius 2 is 2.04 bits per heavy atom. The third-order valence-electron chi connectivity index (χ3n) is 3.86. The predicted octanol–water partition coefficient (Wildman–Crippen LogP) is 3.69. The molecule has 0 saturated heterocycles. The first-order valence-corrected chi connectivity index (χ1v) is 8.43. The zero-order chi connectivity index (χ0) is 19.7. The van der Waals surface area contributed by atoms with E-state index >= 15 is 0 Å². The lowest BCUT2D eigenvalue weighted by atomic mass is 10.2. The van der Waals surface area contributed by atoms with Crippen LogP contribution in [0.15, 0.2) is 41.5 Å². The molecule has 8 nitrogen and oxygen atoms in total. The van der Waals surface area contributed by atoms with Gasteiger partial charge in [0.2, 0.25) is 0 Å². The van der Waals surface area contributed by atoms with Crippen LogP contribution in [0.2, 0.25) is 10.0 Å². The second kappa shape index (κ2) is 7.34. The van der Waals surface area contributed by atoms with E-state index in [1.54, 1.807) is 19.1 Å². The van der Waals surface area contributed by atoms with Crippen molar-refractivity contribution in [1.29, 1.82) is 0 Å². The summed E-state index contributed by atoms with van der Waals surface area (Å²) in [6, 6.07) is 8.36. The maximum atomic E-state index is 12.3. The maximum absolute atomic E-state index is 12.3. The zero-order valence-electron chi connectivity index (χ0n) is 13.9. The summed E-state index contributed by atoms with van der Waals surface area (Å²) in [5, 5.41) is 19.3. The molecule has 0 aliphatic carbocycles. The largest absolute Gasteiger partial charge is 0.308 e. The summed E-state index contributed by atoms with van der Waals surface area (Å²) in [7, 11) is 0. The third-order valence-corrected chi connectivity index (χ3v) is 4.47. The molecular formula is C17H12Cl2N4O4. The number of nitrogens with zero attached hydrogens (tertiary/aromatic N) is 3. The van der Waals surface area contributed by atoms with E-state index < -0.39 is 10.8 Å². The van der Waals surface area contributed by atoms with Crippen molar-refractivity contribution in [1.82, 2.24) is 5.32 Å². The summed E-state index contributed by atoms with van der Waals surface area (Å²) < 4.78 is 0. The fraction of sp³-hybridized carbons (Fsp3) is 0.118. The van der Waals surface area contributed by atoms with E-state index in [9.17, 15) is 19.7 Å². The summed E-state index contributed by atoms with van der Waals surface area (Å²) in [6.07, 6.45) is -0.135. The average Bonchev–Trinajstić information content (AvgIpc) is 2.98. The minimum atomic E-state index is -0.604. The highest BCUT2D eigenvalue weighted by molar-refractivity contribution is 6.36. The van der Waals surface area contributed by atoms with Gasteiger partial charge in [-0.05, 0) is 30.7 Å². The molecule has 138 valence electrons. The number of amides is 2. The van der Waals surface area contributed by atoms with Crippen molar-refractivity contribution in [2.24, 2.45) is 5.10 Å². The molecule has 10 heteroatoms. The molecule has 0 atom stereocenters. The molecule has 0 unspecified atom stereocenters. The lowest BCUT2D eigenvalue weighted by molar-refractivity contribution is -0.384. The van der Waals surface area contributed by atoms with E-state index in [0.717, 1.165) is 11.1 Å². The van der Waals surface area contributed by atoms with Crippen LogP contribution in [-0.4, -0.2) is 22.6 Å². The Morgan fingerprint density at radius 3 is 2.74 bits per heavy atom. The number of hydrogen-bond donors (Lipinski definition) is 1. The van der Waals surface area contributed by atoms with Crippen molar-refractivity contribution in [3.8, 4) is 0 Å². The second-order valence-electron chi connectivity index (χ2n) is 5.72. The standard InChI is InChI=1S/C17H12Cl2N4O4/c1-9-13(19)6-11(18)7-14(9)22-16(24)8-15(21-22)20-17(25)10-3-2-4-12(5-10)23(26)27/h2-7H,8H2,1H3,(H,20,21,25). The number of hydrogen-bond acceptors (Lipinski definition) is 5. The van der Waals surface area contributed by atoms with Crippen LogP contribution in [0, 0.1) is 17.0 Å². The molecule has 27 heavy (non-hydrogen) atoms. The van der Waals surface area contributed by atoms with E-state index in [1.165, 1.54) is 18.2 Å². The monoisotopic (exact) mass is 406 g/mol. The topological polar surface area (TPSA) is 105 Å². The van der Waals surface area contributed by atoms with Crippen molar-refractivity contribution < 1.29 is 14.5 Å². The van der Waals surface area contributed by atoms with Crippen molar-refractivity contribution in [2.45, 2.75) is 13.3 Å². The highest BCUT2D eigenvalue weighted by atomic mass is 35.5. The van der Waals surface area contributed by atoms with Gasteiger partial charge in [-0.1, -0.05) is 29.3 Å². The normalized spacial score (nSPS) is 13.5. The molecule has 2 aromatic carbocycles. The minimum absolute atomic E-state index is 0.0831. The number of carbonyl (C=O) groups excluding carboxylic acids is 2. The lowest BCUT2D eigenvalue weighted by Crippen LogP contribution is -2.29. The summed E-state index contributed by atoms with van der Waals surface area (Å²) in [5.41, 5.74) is 0.902. The number of anilines is 1. The van der Waals surface area contributed by atoms with Crippen LogP contribution in [0.3, 0.4) is 0 Å². The molecule has 0 spiro atoms. The van der Waals surface area contributed by atoms with Crippen molar-refractivity contribution >= 4 is 52.2 Å². The number of nitro groups is 1. The number of nitrogens with one attached hydrogen (secondary N) is 1. The van der Waals surface area contributed by atoms with Gasteiger partial charge in [0.05, 0.1) is 17.0 Å². The van der Waals surface area contributed by atoms with Crippen LogP contribution in [0.5, 0.6) is 0 Å². The molecule has 0 bridgehead atoms. The van der Waals surface area contributed by atoms with Crippen LogP contribution in [0.25, 0.3) is 0 Å². The van der Waals surface area contributed by atoms with Gasteiger partial charge < -0.3 is 5.32 Å². The van der Waals surface area contributed by atoms with Gasteiger partial charge in [0.1, 0.15) is 5.84 Å². The molecule has 1 heterocycles. The number of benzene rings is 2. The molecule has 1 aliphatic rings. The lowest BCUT2D eigenvalue weighted by Gasteiger charge is -2.15. The van der Waals surface area contributed by atoms with Crippen molar-refractivity contribution in [3.63, 3.8) is 0 Å². The average molecular weight is 407 g/mol. The molecule has 0 fully saturated rings. The zero-order valence-corrected chi connectivity index (χ0v) is 15.4. The summed E-state index contributed by atoms with van der Waals surface area (Å²) in [6.45, 7) is 1.72. The van der Waals surface area contributed by atoms with Crippen LogP contribution in [0.4, 0.5) is 11.4 Å². The number of nitro benzene ring substituents is 1. The fourth-order valence-electron chi connectivity index (χ4n) is 2.50. The molecular weight excluding hydrogens is 395 g/mol. The first-order chi connectivity index (χ1) is 12.8. The quantitative estimate of drug-likeness (QED) is 0.619. The smallest absolute Gasteiger partial charge is 0.270 e. The first kappa shape index (κ1) is 18.8. The van der Waals surface area contributed by atoms with Crippen LogP contribution in [0.1, 0.15) is 22.3 Å². The highest BCUT2D eigenvalue weighted by Crippen LogP contribution is 2.32. The third kappa shape index (κ3) is 3.91. The van der Waals surface area contributed by atoms with Crippen LogP contribution < -0.4 is 10.3 Å². The Balaban J connectivity index is 1.84. The summed E-state index contributed by atoms with van der Waals surface area (Å²) >= 11 is 12.1. The van der Waals surface area contributed by atoms with Gasteiger partial charge in [-0.15, -0.1) is 0 Å². The summed E-state index contributed by atoms with van der Waals surface area (Å²) in [4.78, 5) is 34.9. The first-order valence-electron chi connectivity index (χ1n) is 7.68.